The average Bonchev–Trinajstić information content (AvgIpc) is 3.16. The molecular weight excluding hydrogens is 346 g/mol. The lowest BCUT2D eigenvalue weighted by Crippen LogP contribution is -2.28. The van der Waals surface area contributed by atoms with E-state index in [9.17, 15) is 14.9 Å². The Morgan fingerprint density at radius 2 is 1.81 bits per heavy atom. The van der Waals surface area contributed by atoms with E-state index < -0.39 is 11.9 Å². The number of benzene rings is 1. The van der Waals surface area contributed by atoms with Crippen LogP contribution in [-0.4, -0.2) is 30.1 Å². The molecule has 138 valence electrons. The first-order valence-corrected chi connectivity index (χ1v) is 8.68. The normalized spacial score (nSPS) is 14.5. The van der Waals surface area contributed by atoms with Crippen molar-refractivity contribution >= 4 is 29.5 Å². The third-order valence-corrected chi connectivity index (χ3v) is 4.32. The summed E-state index contributed by atoms with van der Waals surface area (Å²) in [7, 11) is 0. The molecular formula is C20H19N3O4. The number of furan rings is 1. The van der Waals surface area contributed by atoms with E-state index in [1.54, 1.807) is 6.07 Å². The van der Waals surface area contributed by atoms with Crippen LogP contribution in [0, 0.1) is 11.3 Å². The largest absolute Gasteiger partial charge is 0.478 e. The van der Waals surface area contributed by atoms with Crippen molar-refractivity contribution < 1.29 is 19.1 Å². The van der Waals surface area contributed by atoms with Crippen molar-refractivity contribution in [2.75, 3.05) is 23.3 Å². The SMILES string of the molecule is N#C/C(=C\c1ccc(N2CCCCC2)o1)C(=O)Nc1ccc(C(=O)O)cc1. The van der Waals surface area contributed by atoms with E-state index in [4.69, 9.17) is 9.52 Å². The molecule has 1 aliphatic rings. The van der Waals surface area contributed by atoms with Gasteiger partial charge in [-0.2, -0.15) is 5.26 Å². The highest BCUT2D eigenvalue weighted by Crippen LogP contribution is 2.24. The van der Waals surface area contributed by atoms with Gasteiger partial charge in [0.25, 0.3) is 5.91 Å². The van der Waals surface area contributed by atoms with Gasteiger partial charge in [-0.1, -0.05) is 0 Å². The molecule has 2 N–H and O–H groups in total. The summed E-state index contributed by atoms with van der Waals surface area (Å²) in [5.41, 5.74) is 0.418. The molecule has 3 rings (SSSR count). The summed E-state index contributed by atoms with van der Waals surface area (Å²) in [6.07, 6.45) is 4.86. The highest BCUT2D eigenvalue weighted by atomic mass is 16.4. The number of nitriles is 1. The molecule has 0 atom stereocenters. The molecule has 7 heteroatoms. The van der Waals surface area contributed by atoms with Gasteiger partial charge >= 0.3 is 5.97 Å². The van der Waals surface area contributed by atoms with Crippen LogP contribution in [0.4, 0.5) is 11.6 Å². The standard InChI is InChI=1S/C20H19N3O4/c21-13-15(19(24)22-16-6-4-14(5-7-16)20(25)26)12-17-8-9-18(27-17)23-10-2-1-3-11-23/h4-9,12H,1-3,10-11H2,(H,22,24)(H,25,26)/b15-12+. The average molecular weight is 365 g/mol. The molecule has 7 nitrogen and oxygen atoms in total. The Hall–Kier alpha value is -3.53. The molecule has 2 heterocycles. The predicted molar refractivity (Wildman–Crippen MR) is 100 cm³/mol. The second-order valence-corrected chi connectivity index (χ2v) is 6.23. The highest BCUT2D eigenvalue weighted by molar-refractivity contribution is 6.09. The molecule has 1 fully saturated rings. The van der Waals surface area contributed by atoms with Crippen LogP contribution in [0.1, 0.15) is 35.4 Å². The summed E-state index contributed by atoms with van der Waals surface area (Å²) in [6, 6.07) is 11.1. The first-order chi connectivity index (χ1) is 13.1. The Bertz CT molecular complexity index is 900. The van der Waals surface area contributed by atoms with Crippen LogP contribution in [0.15, 0.2) is 46.4 Å². The number of aromatic carboxylic acids is 1. The number of carboxylic acid groups (broad SMARTS) is 1. The van der Waals surface area contributed by atoms with Gasteiger partial charge in [0.1, 0.15) is 17.4 Å². The second kappa shape index (κ2) is 8.23. The third-order valence-electron chi connectivity index (χ3n) is 4.32. The third kappa shape index (κ3) is 4.55. The fourth-order valence-electron chi connectivity index (χ4n) is 2.89. The van der Waals surface area contributed by atoms with Crippen molar-refractivity contribution in [3.8, 4) is 6.07 Å². The number of hydrogen-bond acceptors (Lipinski definition) is 5. The van der Waals surface area contributed by atoms with Gasteiger partial charge in [-0.25, -0.2) is 4.79 Å². The number of nitrogens with one attached hydrogen (secondary N) is 1. The number of hydrogen-bond donors (Lipinski definition) is 2. The number of piperidine rings is 1. The monoisotopic (exact) mass is 365 g/mol. The molecule has 0 spiro atoms. The van der Waals surface area contributed by atoms with Gasteiger partial charge in [-0.05, 0) is 49.6 Å². The minimum absolute atomic E-state index is 0.100. The van der Waals surface area contributed by atoms with Crippen LogP contribution in [0.3, 0.4) is 0 Å². The van der Waals surface area contributed by atoms with E-state index in [1.807, 2.05) is 12.1 Å². The zero-order valence-electron chi connectivity index (χ0n) is 14.6. The minimum atomic E-state index is -1.05. The van der Waals surface area contributed by atoms with Crippen LogP contribution < -0.4 is 10.2 Å². The first-order valence-electron chi connectivity index (χ1n) is 8.68. The second-order valence-electron chi connectivity index (χ2n) is 6.23. The van der Waals surface area contributed by atoms with Crippen molar-refractivity contribution in [3.63, 3.8) is 0 Å². The summed E-state index contributed by atoms with van der Waals surface area (Å²) < 4.78 is 5.75. The fourth-order valence-corrected chi connectivity index (χ4v) is 2.89. The molecule has 0 radical (unpaired) electrons. The molecule has 1 amide bonds. The van der Waals surface area contributed by atoms with E-state index >= 15 is 0 Å². The summed E-state index contributed by atoms with van der Waals surface area (Å²) in [5, 5.41) is 20.8. The van der Waals surface area contributed by atoms with Gasteiger partial charge in [0.05, 0.1) is 5.56 Å². The van der Waals surface area contributed by atoms with Crippen molar-refractivity contribution in [2.45, 2.75) is 19.3 Å². The molecule has 0 unspecified atom stereocenters. The number of rotatable bonds is 5. The molecule has 1 aromatic carbocycles. The van der Waals surface area contributed by atoms with Gasteiger partial charge in [-0.15, -0.1) is 0 Å². The van der Waals surface area contributed by atoms with Gasteiger partial charge < -0.3 is 19.7 Å². The fraction of sp³-hybridized carbons (Fsp3) is 0.250. The Balaban J connectivity index is 1.70. The van der Waals surface area contributed by atoms with Crippen molar-refractivity contribution in [3.05, 3.63) is 53.3 Å². The molecule has 1 aliphatic heterocycles. The topological polar surface area (TPSA) is 107 Å². The maximum absolute atomic E-state index is 12.3. The molecule has 1 aromatic heterocycles. The number of carbonyl (C=O) groups excluding carboxylic acids is 1. The van der Waals surface area contributed by atoms with Crippen molar-refractivity contribution in [1.82, 2.24) is 0 Å². The van der Waals surface area contributed by atoms with E-state index in [2.05, 4.69) is 10.2 Å². The van der Waals surface area contributed by atoms with Crippen LogP contribution in [-0.2, 0) is 4.79 Å². The summed E-state index contributed by atoms with van der Waals surface area (Å²) >= 11 is 0. The number of anilines is 2. The minimum Gasteiger partial charge on any atom is -0.478 e. The number of amides is 1. The maximum atomic E-state index is 12.3. The van der Waals surface area contributed by atoms with E-state index in [0.717, 1.165) is 31.8 Å². The Morgan fingerprint density at radius 1 is 1.11 bits per heavy atom. The van der Waals surface area contributed by atoms with E-state index in [-0.39, 0.29) is 11.1 Å². The molecule has 0 aliphatic carbocycles. The van der Waals surface area contributed by atoms with Crippen LogP contribution in [0.5, 0.6) is 0 Å². The lowest BCUT2D eigenvalue weighted by Gasteiger charge is -2.25. The van der Waals surface area contributed by atoms with Gasteiger partial charge in [0.2, 0.25) is 0 Å². The van der Waals surface area contributed by atoms with Gasteiger partial charge in [-0.3, -0.25) is 4.79 Å². The van der Waals surface area contributed by atoms with Crippen LogP contribution in [0.2, 0.25) is 0 Å². The zero-order chi connectivity index (χ0) is 19.2. The smallest absolute Gasteiger partial charge is 0.335 e. The molecule has 0 saturated carbocycles. The predicted octanol–water partition coefficient (Wildman–Crippen LogP) is 3.51. The highest BCUT2D eigenvalue weighted by Gasteiger charge is 2.15. The van der Waals surface area contributed by atoms with Crippen molar-refractivity contribution in [2.24, 2.45) is 0 Å². The summed E-state index contributed by atoms with van der Waals surface area (Å²) in [6.45, 7) is 1.88. The number of carbonyl (C=O) groups is 2. The number of nitrogens with zero attached hydrogens (tertiary/aromatic N) is 2. The molecule has 2 aromatic rings. The Labute approximate surface area is 156 Å². The lowest BCUT2D eigenvalue weighted by molar-refractivity contribution is -0.112. The first kappa shape index (κ1) is 18.3. The molecule has 0 bridgehead atoms. The molecule has 1 saturated heterocycles. The zero-order valence-corrected chi connectivity index (χ0v) is 14.6. The van der Waals surface area contributed by atoms with Crippen molar-refractivity contribution in [1.29, 1.82) is 5.26 Å². The van der Waals surface area contributed by atoms with Gasteiger partial charge in [0.15, 0.2) is 5.88 Å². The molecule has 27 heavy (non-hydrogen) atoms. The number of carboxylic acids is 1. The van der Waals surface area contributed by atoms with Crippen LogP contribution >= 0.6 is 0 Å². The lowest BCUT2D eigenvalue weighted by atomic mass is 10.1. The maximum Gasteiger partial charge on any atom is 0.335 e. The summed E-state index contributed by atoms with van der Waals surface area (Å²) in [5.74, 6) is -0.462. The quantitative estimate of drug-likeness (QED) is 0.620. The Morgan fingerprint density at radius 3 is 2.44 bits per heavy atom. The Kier molecular flexibility index (Phi) is 5.57. The summed E-state index contributed by atoms with van der Waals surface area (Å²) in [4.78, 5) is 25.3. The van der Waals surface area contributed by atoms with Crippen LogP contribution in [0.25, 0.3) is 6.08 Å². The van der Waals surface area contributed by atoms with Gasteiger partial charge in [0, 0.05) is 30.9 Å². The van der Waals surface area contributed by atoms with E-state index in [0.29, 0.717) is 11.4 Å². The van der Waals surface area contributed by atoms with E-state index in [1.165, 1.54) is 36.8 Å².